The van der Waals surface area contributed by atoms with E-state index in [1.807, 2.05) is 0 Å². The number of hydrogen-bond acceptors (Lipinski definition) is 7. The van der Waals surface area contributed by atoms with Gasteiger partial charge in [0.2, 0.25) is 11.7 Å². The van der Waals surface area contributed by atoms with Crippen LogP contribution in [0.2, 0.25) is 0 Å². The quantitative estimate of drug-likeness (QED) is 0.923. The Balaban J connectivity index is 1.83. The largest absolute Gasteiger partial charge is 0.383 e. The summed E-state index contributed by atoms with van der Waals surface area (Å²) in [6.07, 6.45) is 6.06. The van der Waals surface area contributed by atoms with Crippen LogP contribution >= 0.6 is 0 Å². The summed E-state index contributed by atoms with van der Waals surface area (Å²) in [5, 5.41) is 4.02. The van der Waals surface area contributed by atoms with Gasteiger partial charge in [-0.25, -0.2) is 9.97 Å². The molecule has 2 aromatic heterocycles. The Hall–Kier alpha value is -2.02. The van der Waals surface area contributed by atoms with E-state index in [0.717, 1.165) is 25.7 Å². The first-order chi connectivity index (χ1) is 10.2. The summed E-state index contributed by atoms with van der Waals surface area (Å²) in [4.78, 5) is 12.7. The fraction of sp³-hybridized carbons (Fsp3) is 0.571. The second-order valence-electron chi connectivity index (χ2n) is 5.39. The van der Waals surface area contributed by atoms with Gasteiger partial charge in [0.15, 0.2) is 0 Å². The van der Waals surface area contributed by atoms with E-state index < -0.39 is 0 Å². The van der Waals surface area contributed by atoms with Gasteiger partial charge in [-0.3, -0.25) is 0 Å². The summed E-state index contributed by atoms with van der Waals surface area (Å²) in [6.45, 7) is 1.79. The van der Waals surface area contributed by atoms with Gasteiger partial charge in [-0.2, -0.15) is 4.98 Å². The van der Waals surface area contributed by atoms with E-state index >= 15 is 0 Å². The second-order valence-corrected chi connectivity index (χ2v) is 5.39. The molecule has 0 saturated heterocycles. The normalized spacial score (nSPS) is 22.4. The Labute approximate surface area is 122 Å². The molecule has 0 amide bonds. The molecule has 2 heterocycles. The van der Waals surface area contributed by atoms with Gasteiger partial charge in [0.1, 0.15) is 11.6 Å². The van der Waals surface area contributed by atoms with Crippen LogP contribution in [0.1, 0.15) is 43.3 Å². The first kappa shape index (κ1) is 13.9. The van der Waals surface area contributed by atoms with Crippen LogP contribution in [-0.2, 0) is 4.74 Å². The summed E-state index contributed by atoms with van der Waals surface area (Å²) in [7, 11) is 1.75. The number of aryl methyl sites for hydroxylation is 1. The summed E-state index contributed by atoms with van der Waals surface area (Å²) >= 11 is 0. The van der Waals surface area contributed by atoms with Crippen LogP contribution < -0.4 is 5.73 Å². The van der Waals surface area contributed by atoms with Crippen molar-refractivity contribution in [3.05, 3.63) is 17.9 Å². The van der Waals surface area contributed by atoms with E-state index in [9.17, 15) is 0 Å². The van der Waals surface area contributed by atoms with Crippen molar-refractivity contribution in [2.24, 2.45) is 0 Å². The summed E-state index contributed by atoms with van der Waals surface area (Å²) in [5.41, 5.74) is 6.50. The lowest BCUT2D eigenvalue weighted by molar-refractivity contribution is 0.0588. The van der Waals surface area contributed by atoms with Gasteiger partial charge in [-0.15, -0.1) is 0 Å². The smallest absolute Gasteiger partial charge is 0.230 e. The number of methoxy groups -OCH3 is 1. The van der Waals surface area contributed by atoms with Gasteiger partial charge in [-0.05, 0) is 26.2 Å². The molecule has 7 heteroatoms. The molecule has 3 rings (SSSR count). The van der Waals surface area contributed by atoms with Crippen LogP contribution in [-0.4, -0.2) is 33.3 Å². The van der Waals surface area contributed by atoms with Crippen molar-refractivity contribution >= 4 is 5.82 Å². The van der Waals surface area contributed by atoms with Crippen LogP contribution in [0.5, 0.6) is 0 Å². The minimum atomic E-state index is 0.248. The topological polar surface area (TPSA) is 100.0 Å². The van der Waals surface area contributed by atoms with E-state index in [-0.39, 0.29) is 12.0 Å². The first-order valence-corrected chi connectivity index (χ1v) is 7.13. The van der Waals surface area contributed by atoms with Crippen molar-refractivity contribution in [3.8, 4) is 11.4 Å². The fourth-order valence-corrected chi connectivity index (χ4v) is 2.75. The van der Waals surface area contributed by atoms with Gasteiger partial charge in [0, 0.05) is 19.2 Å². The summed E-state index contributed by atoms with van der Waals surface area (Å²) < 4.78 is 10.8. The molecule has 0 radical (unpaired) electrons. The second kappa shape index (κ2) is 5.77. The monoisotopic (exact) mass is 289 g/mol. The molecule has 1 aliphatic carbocycles. The lowest BCUT2D eigenvalue weighted by Crippen LogP contribution is -2.20. The third kappa shape index (κ3) is 2.87. The number of nitrogen functional groups attached to an aromatic ring is 1. The lowest BCUT2D eigenvalue weighted by atomic mass is 9.87. The van der Waals surface area contributed by atoms with E-state index in [1.54, 1.807) is 20.2 Å². The predicted molar refractivity (Wildman–Crippen MR) is 76.5 cm³/mol. The molecule has 21 heavy (non-hydrogen) atoms. The average Bonchev–Trinajstić information content (AvgIpc) is 2.97. The minimum Gasteiger partial charge on any atom is -0.383 e. The van der Waals surface area contributed by atoms with E-state index in [2.05, 4.69) is 20.1 Å². The SMILES string of the molecule is COC1CCCC(c2nc(-c3cnc(C)nc3N)no2)C1. The molecule has 2 aromatic rings. The van der Waals surface area contributed by atoms with E-state index in [4.69, 9.17) is 15.0 Å². The molecule has 0 bridgehead atoms. The van der Waals surface area contributed by atoms with Gasteiger partial charge < -0.3 is 15.0 Å². The Kier molecular flexibility index (Phi) is 3.83. The third-order valence-corrected chi connectivity index (χ3v) is 3.93. The van der Waals surface area contributed by atoms with Crippen LogP contribution in [0, 0.1) is 6.92 Å². The molecule has 2 atom stereocenters. The maximum atomic E-state index is 5.89. The van der Waals surface area contributed by atoms with Crippen LogP contribution in [0.3, 0.4) is 0 Å². The number of nitrogens with zero attached hydrogens (tertiary/aromatic N) is 4. The Bertz CT molecular complexity index is 628. The van der Waals surface area contributed by atoms with Gasteiger partial charge in [0.05, 0.1) is 11.7 Å². The van der Waals surface area contributed by atoms with E-state index in [1.165, 1.54) is 0 Å². The molecule has 0 aromatic carbocycles. The molecule has 2 unspecified atom stereocenters. The number of ether oxygens (including phenoxy) is 1. The van der Waals surface area contributed by atoms with Crippen LogP contribution in [0.4, 0.5) is 5.82 Å². The zero-order valence-electron chi connectivity index (χ0n) is 12.2. The molecule has 2 N–H and O–H groups in total. The maximum Gasteiger partial charge on any atom is 0.230 e. The van der Waals surface area contributed by atoms with Crippen molar-refractivity contribution in [1.29, 1.82) is 0 Å². The van der Waals surface area contributed by atoms with Crippen molar-refractivity contribution in [3.63, 3.8) is 0 Å². The van der Waals surface area contributed by atoms with Gasteiger partial charge in [-0.1, -0.05) is 11.6 Å². The predicted octanol–water partition coefficient (Wildman–Crippen LogP) is 2.09. The molecular weight excluding hydrogens is 270 g/mol. The Morgan fingerprint density at radius 2 is 2.19 bits per heavy atom. The lowest BCUT2D eigenvalue weighted by Gasteiger charge is -2.25. The Morgan fingerprint density at radius 3 is 2.95 bits per heavy atom. The fourth-order valence-electron chi connectivity index (χ4n) is 2.75. The van der Waals surface area contributed by atoms with Crippen molar-refractivity contribution in [1.82, 2.24) is 20.1 Å². The summed E-state index contributed by atoms with van der Waals surface area (Å²) in [6, 6.07) is 0. The van der Waals surface area contributed by atoms with Gasteiger partial charge >= 0.3 is 0 Å². The minimum absolute atomic E-state index is 0.248. The molecule has 0 aliphatic heterocycles. The third-order valence-electron chi connectivity index (χ3n) is 3.93. The van der Waals surface area contributed by atoms with Crippen molar-refractivity contribution < 1.29 is 9.26 Å². The van der Waals surface area contributed by atoms with E-state index in [0.29, 0.717) is 28.9 Å². The van der Waals surface area contributed by atoms with Crippen molar-refractivity contribution in [2.45, 2.75) is 44.6 Å². The van der Waals surface area contributed by atoms with Crippen molar-refractivity contribution in [2.75, 3.05) is 12.8 Å². The molecule has 7 nitrogen and oxygen atoms in total. The number of nitrogens with two attached hydrogens (primary N) is 1. The highest BCUT2D eigenvalue weighted by Crippen LogP contribution is 2.34. The zero-order chi connectivity index (χ0) is 14.8. The number of rotatable bonds is 3. The molecule has 1 saturated carbocycles. The van der Waals surface area contributed by atoms with Crippen LogP contribution in [0.25, 0.3) is 11.4 Å². The zero-order valence-corrected chi connectivity index (χ0v) is 12.2. The van der Waals surface area contributed by atoms with Gasteiger partial charge in [0.25, 0.3) is 0 Å². The molecule has 112 valence electrons. The molecule has 1 fully saturated rings. The molecular formula is C14H19N5O2. The highest BCUT2D eigenvalue weighted by atomic mass is 16.5. The molecule has 1 aliphatic rings. The first-order valence-electron chi connectivity index (χ1n) is 7.13. The Morgan fingerprint density at radius 1 is 1.33 bits per heavy atom. The average molecular weight is 289 g/mol. The van der Waals surface area contributed by atoms with Crippen LogP contribution in [0.15, 0.2) is 10.7 Å². The number of anilines is 1. The number of hydrogen-bond donors (Lipinski definition) is 1. The number of aromatic nitrogens is 4. The highest BCUT2D eigenvalue weighted by Gasteiger charge is 2.27. The highest BCUT2D eigenvalue weighted by molar-refractivity contribution is 5.66. The standard InChI is InChI=1S/C14H19N5O2/c1-8-16-7-11(12(15)17-8)13-18-14(21-19-13)9-4-3-5-10(6-9)20-2/h7,9-10H,3-6H2,1-2H3,(H2,15,16,17). The maximum absolute atomic E-state index is 5.89. The molecule has 0 spiro atoms. The summed E-state index contributed by atoms with van der Waals surface area (Å²) in [5.74, 6) is 2.33.